The third kappa shape index (κ3) is 3.69. The first-order chi connectivity index (χ1) is 8.67. The zero-order chi connectivity index (χ0) is 14.8. The van der Waals surface area contributed by atoms with Gasteiger partial charge in [0.2, 0.25) is 10.3 Å². The van der Waals surface area contributed by atoms with Crippen molar-refractivity contribution in [3.8, 4) is 0 Å². The van der Waals surface area contributed by atoms with Gasteiger partial charge in [-0.3, -0.25) is 4.90 Å². The number of hydrogen-bond acceptors (Lipinski definition) is 6. The molecule has 0 saturated carbocycles. The predicted molar refractivity (Wildman–Crippen MR) is 67.3 cm³/mol. The maximum atomic E-state index is 11.9. The first-order valence-electron chi connectivity index (χ1n) is 5.70. The summed E-state index contributed by atoms with van der Waals surface area (Å²) < 4.78 is 31.8. The molecule has 19 heavy (non-hydrogen) atoms. The molecule has 108 valence electrons. The molecule has 0 aromatic carbocycles. The van der Waals surface area contributed by atoms with Gasteiger partial charge in [-0.05, 0) is 20.8 Å². The monoisotopic (exact) mass is 291 g/mol. The molecule has 1 amide bonds. The Morgan fingerprint density at radius 1 is 1.32 bits per heavy atom. The van der Waals surface area contributed by atoms with Crippen molar-refractivity contribution in [1.29, 1.82) is 0 Å². The molecular weight excluding hydrogens is 274 g/mol. The van der Waals surface area contributed by atoms with Crippen molar-refractivity contribution >= 4 is 27.2 Å². The Labute approximate surface area is 113 Å². The van der Waals surface area contributed by atoms with Crippen molar-refractivity contribution in [3.05, 3.63) is 0 Å². The second-order valence-corrected chi connectivity index (χ2v) is 6.04. The third-order valence-electron chi connectivity index (χ3n) is 2.48. The molecule has 7 nitrogen and oxygen atoms in total. The number of esters is 1. The van der Waals surface area contributed by atoms with Gasteiger partial charge in [0.1, 0.15) is 5.60 Å². The van der Waals surface area contributed by atoms with E-state index in [4.69, 9.17) is 4.74 Å². The minimum absolute atomic E-state index is 0.0577. The molecule has 1 saturated heterocycles. The molecule has 1 rings (SSSR count). The maximum Gasteiger partial charge on any atom is 0.411 e. The van der Waals surface area contributed by atoms with Crippen molar-refractivity contribution in [2.45, 2.75) is 38.8 Å². The lowest BCUT2D eigenvalue weighted by Crippen LogP contribution is -2.46. The van der Waals surface area contributed by atoms with Gasteiger partial charge in [0.25, 0.3) is 0 Å². The van der Waals surface area contributed by atoms with Crippen molar-refractivity contribution in [1.82, 2.24) is 4.90 Å². The van der Waals surface area contributed by atoms with Crippen LogP contribution in [0.25, 0.3) is 0 Å². The quantitative estimate of drug-likeness (QED) is 0.507. The average Bonchev–Trinajstić information content (AvgIpc) is 2.70. The van der Waals surface area contributed by atoms with Crippen LogP contribution in [0.15, 0.2) is 0 Å². The first kappa shape index (κ1) is 15.5. The summed E-state index contributed by atoms with van der Waals surface area (Å²) in [6, 6.07) is -1.22. The van der Waals surface area contributed by atoms with Crippen molar-refractivity contribution in [3.63, 3.8) is 0 Å². The van der Waals surface area contributed by atoms with E-state index in [0.29, 0.717) is 0 Å². The molecule has 1 aliphatic rings. The van der Waals surface area contributed by atoms with Gasteiger partial charge in [0, 0.05) is 13.0 Å². The van der Waals surface area contributed by atoms with E-state index in [-0.39, 0.29) is 17.8 Å². The second-order valence-electron chi connectivity index (χ2n) is 5.05. The Morgan fingerprint density at radius 3 is 2.32 bits per heavy atom. The van der Waals surface area contributed by atoms with Gasteiger partial charge >= 0.3 is 12.1 Å². The lowest BCUT2D eigenvalue weighted by Gasteiger charge is -2.26. The summed E-state index contributed by atoms with van der Waals surface area (Å²) in [5, 5.41) is 0. The van der Waals surface area contributed by atoms with Crippen molar-refractivity contribution < 1.29 is 27.5 Å². The van der Waals surface area contributed by atoms with E-state index >= 15 is 0 Å². The van der Waals surface area contributed by atoms with Crippen LogP contribution in [-0.4, -0.2) is 55.5 Å². The molecule has 1 unspecified atom stereocenters. The molecule has 1 heterocycles. The summed E-state index contributed by atoms with van der Waals surface area (Å²) in [6.45, 7) is 5.16. The van der Waals surface area contributed by atoms with E-state index in [0.717, 1.165) is 12.0 Å². The standard InChI is InChI=1S/C11H17NO6S/c1-11(2,3)18-10(14)12-6-5-7(19(15)16)8(12)9(13)17-4/h8H,5-6H2,1-4H3. The molecule has 0 spiro atoms. The van der Waals surface area contributed by atoms with Crippen LogP contribution >= 0.6 is 0 Å². The molecule has 1 atom stereocenters. The van der Waals surface area contributed by atoms with E-state index in [1.807, 2.05) is 0 Å². The minimum Gasteiger partial charge on any atom is -0.467 e. The van der Waals surface area contributed by atoms with Gasteiger partial charge in [-0.15, -0.1) is 0 Å². The number of hydrogen-bond donors (Lipinski definition) is 0. The Hall–Kier alpha value is -1.57. The van der Waals surface area contributed by atoms with Gasteiger partial charge in [-0.2, -0.15) is 8.42 Å². The lowest BCUT2D eigenvalue weighted by atomic mass is 10.2. The normalized spacial score (nSPS) is 19.3. The average molecular weight is 291 g/mol. The Balaban J connectivity index is 3.05. The number of rotatable bonds is 1. The molecule has 0 N–H and O–H groups in total. The topological polar surface area (TPSA) is 90.0 Å². The van der Waals surface area contributed by atoms with Crippen LogP contribution in [0.4, 0.5) is 4.79 Å². The van der Waals surface area contributed by atoms with E-state index in [1.165, 1.54) is 0 Å². The molecule has 8 heteroatoms. The van der Waals surface area contributed by atoms with Crippen LogP contribution in [0.5, 0.6) is 0 Å². The Bertz CT molecular complexity index is 508. The molecular formula is C11H17NO6S. The summed E-state index contributed by atoms with van der Waals surface area (Å²) in [5.74, 6) is -0.789. The fourth-order valence-electron chi connectivity index (χ4n) is 1.73. The van der Waals surface area contributed by atoms with Gasteiger partial charge in [0.05, 0.1) is 12.0 Å². The predicted octanol–water partition coefficient (Wildman–Crippen LogP) is 0.220. The van der Waals surface area contributed by atoms with Crippen LogP contribution in [0, 0.1) is 0 Å². The number of nitrogens with zero attached hydrogens (tertiary/aromatic N) is 1. The number of methoxy groups -OCH3 is 1. The van der Waals surface area contributed by atoms with Gasteiger partial charge < -0.3 is 9.47 Å². The molecule has 0 aliphatic carbocycles. The highest BCUT2D eigenvalue weighted by Gasteiger charge is 2.42. The number of carbonyl (C=O) groups is 2. The van der Waals surface area contributed by atoms with E-state index < -0.39 is 34.0 Å². The summed E-state index contributed by atoms with van der Waals surface area (Å²) in [7, 11) is -1.40. The van der Waals surface area contributed by atoms with Crippen LogP contribution < -0.4 is 0 Å². The Kier molecular flexibility index (Phi) is 4.56. The van der Waals surface area contributed by atoms with E-state index in [1.54, 1.807) is 20.8 Å². The summed E-state index contributed by atoms with van der Waals surface area (Å²) >= 11 is 0. The number of ether oxygens (including phenoxy) is 2. The molecule has 1 aliphatic heterocycles. The van der Waals surface area contributed by atoms with Crippen molar-refractivity contribution in [2.75, 3.05) is 13.7 Å². The van der Waals surface area contributed by atoms with Crippen LogP contribution in [0.1, 0.15) is 27.2 Å². The maximum absolute atomic E-state index is 11.9. The van der Waals surface area contributed by atoms with E-state index in [9.17, 15) is 18.0 Å². The van der Waals surface area contributed by atoms with Gasteiger partial charge in [-0.25, -0.2) is 9.59 Å². The molecule has 0 aromatic heterocycles. The van der Waals surface area contributed by atoms with Crippen LogP contribution in [0.2, 0.25) is 0 Å². The second kappa shape index (κ2) is 5.60. The fraction of sp³-hybridized carbons (Fsp3) is 0.727. The largest absolute Gasteiger partial charge is 0.467 e. The zero-order valence-electron chi connectivity index (χ0n) is 11.3. The number of carbonyl (C=O) groups excluding carboxylic acids is 2. The molecule has 0 radical (unpaired) electrons. The third-order valence-corrected chi connectivity index (χ3v) is 3.34. The summed E-state index contributed by atoms with van der Waals surface area (Å²) in [4.78, 5) is 24.6. The molecule has 0 aromatic rings. The zero-order valence-corrected chi connectivity index (χ0v) is 12.1. The SMILES string of the molecule is COC(=O)C1C(=S(=O)=O)CCN1C(=O)OC(C)(C)C. The minimum atomic E-state index is -2.54. The van der Waals surface area contributed by atoms with Crippen molar-refractivity contribution in [2.24, 2.45) is 0 Å². The first-order valence-corrected chi connectivity index (χ1v) is 6.77. The number of amides is 1. The van der Waals surface area contributed by atoms with Gasteiger partial charge in [0.15, 0.2) is 6.04 Å². The van der Waals surface area contributed by atoms with Crippen LogP contribution in [0.3, 0.4) is 0 Å². The number of likely N-dealkylation sites (tertiary alicyclic amines) is 1. The molecule has 0 bridgehead atoms. The summed E-state index contributed by atoms with van der Waals surface area (Å²) in [5.41, 5.74) is -0.725. The highest BCUT2D eigenvalue weighted by molar-refractivity contribution is 7.73. The highest BCUT2D eigenvalue weighted by Crippen LogP contribution is 2.19. The lowest BCUT2D eigenvalue weighted by molar-refractivity contribution is -0.143. The molecule has 1 fully saturated rings. The summed E-state index contributed by atoms with van der Waals surface area (Å²) in [6.07, 6.45) is -0.627. The fourth-order valence-corrected chi connectivity index (χ4v) is 2.40. The van der Waals surface area contributed by atoms with Crippen LogP contribution in [-0.2, 0) is 24.6 Å². The van der Waals surface area contributed by atoms with E-state index in [2.05, 4.69) is 4.74 Å². The highest BCUT2D eigenvalue weighted by atomic mass is 32.2. The smallest absolute Gasteiger partial charge is 0.411 e. The Morgan fingerprint density at radius 2 is 1.89 bits per heavy atom. The van der Waals surface area contributed by atoms with Gasteiger partial charge in [-0.1, -0.05) is 0 Å².